The monoisotopic (exact) mass is 1080 g/mol. The highest BCUT2D eigenvalue weighted by Gasteiger charge is 2.39. The van der Waals surface area contributed by atoms with Crippen LogP contribution in [0.1, 0.15) is 150 Å². The summed E-state index contributed by atoms with van der Waals surface area (Å²) in [5.41, 5.74) is 26.4. The quantitative estimate of drug-likeness (QED) is 0.125. The second-order valence-corrected chi connectivity index (χ2v) is 26.4. The van der Waals surface area contributed by atoms with E-state index in [9.17, 15) is 0 Å². The van der Waals surface area contributed by atoms with Gasteiger partial charge in [-0.2, -0.15) is 0 Å². The van der Waals surface area contributed by atoms with E-state index in [-0.39, 0.29) is 27.1 Å². The van der Waals surface area contributed by atoms with E-state index in [1.165, 1.54) is 100 Å². The van der Waals surface area contributed by atoms with E-state index in [1.54, 1.807) is 25.3 Å². The van der Waals surface area contributed by atoms with Gasteiger partial charge in [0.05, 0.1) is 0 Å². The Morgan fingerprint density at radius 1 is 0.301 bits per heavy atom. The summed E-state index contributed by atoms with van der Waals surface area (Å²) in [6, 6.07) is 58.9. The molecule has 410 valence electrons. The molecule has 0 amide bonds. The van der Waals surface area contributed by atoms with Crippen molar-refractivity contribution in [2.75, 3.05) is 9.80 Å². The lowest BCUT2D eigenvalue weighted by Crippen LogP contribution is -2.18. The maximum atomic E-state index is 4.61. The Labute approximate surface area is 489 Å². The van der Waals surface area contributed by atoms with E-state index in [1.807, 2.05) is 0 Å². The van der Waals surface area contributed by atoms with Crippen molar-refractivity contribution in [3.8, 4) is 33.4 Å². The fraction of sp³-hybridized carbons (Fsp3) is 0.227. The van der Waals surface area contributed by atoms with Gasteiger partial charge in [-0.15, -0.1) is 0 Å². The van der Waals surface area contributed by atoms with Crippen molar-refractivity contribution in [2.45, 2.75) is 110 Å². The van der Waals surface area contributed by atoms with Crippen molar-refractivity contribution in [3.63, 3.8) is 0 Å². The number of aromatic nitrogens is 6. The van der Waals surface area contributed by atoms with E-state index in [2.05, 4.69) is 305 Å². The van der Waals surface area contributed by atoms with Crippen LogP contribution in [0, 0.1) is 0 Å². The second kappa shape index (κ2) is 19.5. The lowest BCUT2D eigenvalue weighted by molar-refractivity contribution is 0.590. The highest BCUT2D eigenvalue weighted by Crippen LogP contribution is 2.54. The van der Waals surface area contributed by atoms with Crippen LogP contribution in [0.3, 0.4) is 0 Å². The van der Waals surface area contributed by atoms with Crippen LogP contribution in [0.15, 0.2) is 183 Å². The Balaban J connectivity index is 0.724. The minimum absolute atomic E-state index is 0.0438. The Kier molecular flexibility index (Phi) is 12.5. The van der Waals surface area contributed by atoms with Crippen molar-refractivity contribution < 1.29 is 0 Å². The molecule has 10 aromatic rings. The van der Waals surface area contributed by atoms with E-state index in [0.29, 0.717) is 11.9 Å². The largest absolute Gasteiger partial charge is 0.279 e. The first-order valence-corrected chi connectivity index (χ1v) is 28.9. The van der Waals surface area contributed by atoms with Crippen molar-refractivity contribution >= 4 is 59.0 Å². The van der Waals surface area contributed by atoms with Gasteiger partial charge in [0.1, 0.15) is 25.3 Å². The molecular weight excluding hydrogens is 1010 g/mol. The third kappa shape index (κ3) is 9.25. The first kappa shape index (κ1) is 53.2. The molecule has 0 aliphatic heterocycles. The molecule has 0 bridgehead atoms. The van der Waals surface area contributed by atoms with E-state index in [4.69, 9.17) is 0 Å². The van der Waals surface area contributed by atoms with Crippen LogP contribution in [0.2, 0.25) is 0 Å². The summed E-state index contributed by atoms with van der Waals surface area (Å²) in [4.78, 5) is 31.0. The van der Waals surface area contributed by atoms with Crippen LogP contribution < -0.4 is 9.80 Å². The third-order valence-corrected chi connectivity index (χ3v) is 17.9. The average Bonchev–Trinajstić information content (AvgIpc) is 3.95. The van der Waals surface area contributed by atoms with Crippen LogP contribution in [0.25, 0.3) is 57.7 Å². The standard InChI is InChI=1S/C75H70N8/c1-71(2,3)51-21-25-53(26-22-51)82(69-78-43-76-44-79-69)55-29-35-61-59-33-19-49(39-65(59)74(9,10)67(61)41-55)15-13-47-17-31-57-58-32-18-48(38-64(58)73(7,8)63(57)37-47)14-16-50-20-34-60-62-36-30-56(42-68(62)75(11,12)66(60)40-50)83(70-80-45-77-46-81-70)54-27-23-52(24-28-54)72(4,5)6/h13-46H,1-12H3/b15-13+,16-14+. The summed E-state index contributed by atoms with van der Waals surface area (Å²) < 4.78 is 0. The third-order valence-electron chi connectivity index (χ3n) is 17.9. The Morgan fingerprint density at radius 2 is 0.542 bits per heavy atom. The predicted molar refractivity (Wildman–Crippen MR) is 343 cm³/mol. The Morgan fingerprint density at radius 3 is 0.807 bits per heavy atom. The highest BCUT2D eigenvalue weighted by atomic mass is 15.3. The molecule has 8 aromatic carbocycles. The van der Waals surface area contributed by atoms with Gasteiger partial charge >= 0.3 is 0 Å². The number of hydrogen-bond acceptors (Lipinski definition) is 8. The van der Waals surface area contributed by atoms with Crippen LogP contribution in [-0.2, 0) is 27.1 Å². The van der Waals surface area contributed by atoms with E-state index >= 15 is 0 Å². The topological polar surface area (TPSA) is 83.8 Å². The van der Waals surface area contributed by atoms with Gasteiger partial charge in [-0.05, 0) is 160 Å². The lowest BCUT2D eigenvalue weighted by Gasteiger charge is -2.27. The number of benzene rings is 8. The molecule has 0 fully saturated rings. The number of anilines is 6. The summed E-state index contributed by atoms with van der Waals surface area (Å²) in [6.45, 7) is 27.5. The lowest BCUT2D eigenvalue weighted by atomic mass is 9.81. The van der Waals surface area contributed by atoms with Gasteiger partial charge < -0.3 is 0 Å². The summed E-state index contributed by atoms with van der Waals surface area (Å²) in [5, 5.41) is 0. The van der Waals surface area contributed by atoms with Gasteiger partial charge in [-0.25, -0.2) is 29.9 Å². The van der Waals surface area contributed by atoms with Crippen LogP contribution in [0.4, 0.5) is 34.6 Å². The molecule has 0 N–H and O–H groups in total. The maximum absolute atomic E-state index is 4.61. The van der Waals surface area contributed by atoms with Gasteiger partial charge in [0, 0.05) is 39.0 Å². The molecule has 0 saturated heterocycles. The summed E-state index contributed by atoms with van der Waals surface area (Å²) >= 11 is 0. The SMILES string of the molecule is CC(C)(C)c1ccc(N(c2ccc3c(c2)C(C)(C)c2cc(/C=C/c4ccc5c(c4)C(C)(C)c4cc(/C=C/c6ccc7c(c6)C(C)(C)c6cc(N(c8ccc(C(C)(C)C)cc8)c8ncncn8)ccc6-7)ccc4-5)ccc2-3)c2ncncn2)cc1. The molecule has 0 atom stereocenters. The highest BCUT2D eigenvalue weighted by molar-refractivity contribution is 5.89. The van der Waals surface area contributed by atoms with Crippen molar-refractivity contribution in [2.24, 2.45) is 0 Å². The first-order chi connectivity index (χ1) is 39.6. The molecule has 8 heteroatoms. The van der Waals surface area contributed by atoms with Gasteiger partial charge in [-0.3, -0.25) is 9.80 Å². The number of fused-ring (bicyclic) bond motifs is 9. The molecule has 0 radical (unpaired) electrons. The Hall–Kier alpha value is -9.14. The maximum Gasteiger partial charge on any atom is 0.237 e. The molecular formula is C75H70N8. The fourth-order valence-corrected chi connectivity index (χ4v) is 13.0. The Bertz CT molecular complexity index is 3960. The van der Waals surface area contributed by atoms with Crippen molar-refractivity contribution in [1.29, 1.82) is 0 Å². The fourth-order valence-electron chi connectivity index (χ4n) is 13.0. The molecule has 3 aliphatic rings. The summed E-state index contributed by atoms with van der Waals surface area (Å²) in [7, 11) is 0. The minimum atomic E-state index is -0.235. The van der Waals surface area contributed by atoms with Crippen LogP contribution in [0.5, 0.6) is 0 Å². The molecule has 83 heavy (non-hydrogen) atoms. The molecule has 0 unspecified atom stereocenters. The number of nitrogens with zero attached hydrogens (tertiary/aromatic N) is 8. The molecule has 13 rings (SSSR count). The average molecular weight is 1080 g/mol. The van der Waals surface area contributed by atoms with Crippen LogP contribution >= 0.6 is 0 Å². The molecule has 3 aliphatic carbocycles. The minimum Gasteiger partial charge on any atom is -0.279 e. The predicted octanol–water partition coefficient (Wildman–Crippen LogP) is 18.9. The molecule has 0 spiro atoms. The second-order valence-electron chi connectivity index (χ2n) is 26.4. The zero-order valence-electron chi connectivity index (χ0n) is 49.7. The van der Waals surface area contributed by atoms with Gasteiger partial charge in [0.15, 0.2) is 0 Å². The van der Waals surface area contributed by atoms with E-state index < -0.39 is 0 Å². The van der Waals surface area contributed by atoms with Gasteiger partial charge in [-0.1, -0.05) is 217 Å². The zero-order valence-corrected chi connectivity index (χ0v) is 49.7. The first-order valence-electron chi connectivity index (χ1n) is 28.9. The zero-order chi connectivity index (χ0) is 57.8. The van der Waals surface area contributed by atoms with Gasteiger partial charge in [0.2, 0.25) is 11.9 Å². The summed E-state index contributed by atoms with van der Waals surface area (Å²) in [5.74, 6) is 1.17. The molecule has 8 nitrogen and oxygen atoms in total. The molecule has 0 saturated carbocycles. The van der Waals surface area contributed by atoms with Crippen molar-refractivity contribution in [1.82, 2.24) is 29.9 Å². The molecule has 2 aromatic heterocycles. The summed E-state index contributed by atoms with van der Waals surface area (Å²) in [6.07, 6.45) is 15.3. The van der Waals surface area contributed by atoms with Crippen molar-refractivity contribution in [3.05, 3.63) is 250 Å². The smallest absolute Gasteiger partial charge is 0.237 e. The number of rotatable bonds is 10. The van der Waals surface area contributed by atoms with Crippen LogP contribution in [-0.4, -0.2) is 29.9 Å². The molecule has 2 heterocycles. The normalized spacial score (nSPS) is 14.9. The van der Waals surface area contributed by atoms with E-state index in [0.717, 1.165) is 22.7 Å². The van der Waals surface area contributed by atoms with Gasteiger partial charge in [0.25, 0.3) is 0 Å². The number of hydrogen-bond donors (Lipinski definition) is 0.